The van der Waals surface area contributed by atoms with Gasteiger partial charge in [-0.25, -0.2) is 9.34 Å². The molecular formula is C30H37N2OP. The van der Waals surface area contributed by atoms with Gasteiger partial charge >= 0.3 is 0 Å². The van der Waals surface area contributed by atoms with Gasteiger partial charge < -0.3 is 4.52 Å². The molecule has 4 heteroatoms. The molecular weight excluding hydrogens is 435 g/mol. The normalized spacial score (nSPS) is 24.4. The maximum atomic E-state index is 7.12. The molecule has 0 bridgehead atoms. The van der Waals surface area contributed by atoms with Gasteiger partial charge in [0, 0.05) is 24.2 Å². The molecule has 3 aromatic rings. The fourth-order valence-electron chi connectivity index (χ4n) is 5.76. The smallest absolute Gasteiger partial charge is 0.190 e. The maximum Gasteiger partial charge on any atom is 0.190 e. The minimum absolute atomic E-state index is 0.0448. The van der Waals surface area contributed by atoms with Gasteiger partial charge in [-0.1, -0.05) is 104 Å². The summed E-state index contributed by atoms with van der Waals surface area (Å²) in [5.74, 6) is 0. The molecule has 1 aliphatic heterocycles. The van der Waals surface area contributed by atoms with Gasteiger partial charge in [0.2, 0.25) is 0 Å². The minimum Gasteiger partial charge on any atom is -0.323 e. The molecule has 1 heterocycles. The Kier molecular flexibility index (Phi) is 7.46. The summed E-state index contributed by atoms with van der Waals surface area (Å²) in [4.78, 5) is 0. The number of hydrogen-bond donors (Lipinski definition) is 0. The van der Waals surface area contributed by atoms with Crippen LogP contribution in [0.2, 0.25) is 0 Å². The van der Waals surface area contributed by atoms with Crippen molar-refractivity contribution in [1.29, 1.82) is 0 Å². The number of hydrogen-bond acceptors (Lipinski definition) is 3. The molecule has 1 saturated heterocycles. The summed E-state index contributed by atoms with van der Waals surface area (Å²) >= 11 is 0. The maximum absolute atomic E-state index is 7.12. The Morgan fingerprint density at radius 1 is 0.618 bits per heavy atom. The van der Waals surface area contributed by atoms with E-state index in [-0.39, 0.29) is 6.10 Å². The molecule has 0 spiro atoms. The Morgan fingerprint density at radius 3 is 1.41 bits per heavy atom. The molecule has 2 aliphatic rings. The van der Waals surface area contributed by atoms with Gasteiger partial charge in [-0.3, -0.25) is 0 Å². The number of benzene rings is 3. The summed E-state index contributed by atoms with van der Waals surface area (Å²) in [7, 11) is -0.945. The minimum atomic E-state index is -0.945. The molecule has 0 aromatic heterocycles. The highest BCUT2D eigenvalue weighted by Gasteiger charge is 2.53. The van der Waals surface area contributed by atoms with E-state index in [1.54, 1.807) is 0 Å². The number of nitrogens with zero attached hydrogens (tertiary/aromatic N) is 2. The molecule has 0 N–H and O–H groups in total. The van der Waals surface area contributed by atoms with Gasteiger partial charge in [0.25, 0.3) is 0 Å². The predicted octanol–water partition coefficient (Wildman–Crippen LogP) is 8.44. The fraction of sp³-hybridized carbons (Fsp3) is 0.400. The van der Waals surface area contributed by atoms with Crippen LogP contribution in [0, 0.1) is 0 Å². The molecule has 5 rings (SSSR count). The SMILES string of the molecule is CC(OP1N([C@@H](C)c2ccccc2)[C@@H]2CCCC[C@H]2N1[C@@H](C)c1ccccc1)c1ccccc1. The van der Waals surface area contributed by atoms with Gasteiger partial charge in [-0.15, -0.1) is 0 Å². The standard InChI is InChI=1S/C30H37N2OP/c1-23(26-15-7-4-8-16-26)31-29-21-13-14-22-30(29)32(24(2)27-17-9-5-10-18-27)34(31)33-25(3)28-19-11-6-12-20-28/h4-12,15-20,23-25,29-30H,13-14,21-22H2,1-3H3/t23-,24-,25?,29+,30+/m0/s1. The van der Waals surface area contributed by atoms with E-state index in [1.807, 2.05) is 0 Å². The lowest BCUT2D eigenvalue weighted by Gasteiger charge is -2.38. The van der Waals surface area contributed by atoms with Crippen LogP contribution in [0.25, 0.3) is 0 Å². The molecule has 1 unspecified atom stereocenters. The third kappa shape index (κ3) is 4.72. The van der Waals surface area contributed by atoms with E-state index in [1.165, 1.54) is 42.4 Å². The Labute approximate surface area is 206 Å². The van der Waals surface area contributed by atoms with E-state index in [0.717, 1.165) is 0 Å². The zero-order valence-corrected chi connectivity index (χ0v) is 21.5. The quantitative estimate of drug-likeness (QED) is 0.321. The molecule has 1 saturated carbocycles. The molecule has 1 aliphatic carbocycles. The van der Waals surface area contributed by atoms with Crippen molar-refractivity contribution in [2.24, 2.45) is 0 Å². The highest BCUT2D eigenvalue weighted by atomic mass is 31.2. The Bertz CT molecular complexity index is 970. The van der Waals surface area contributed by atoms with Crippen molar-refractivity contribution in [1.82, 2.24) is 9.34 Å². The first-order valence-corrected chi connectivity index (χ1v) is 14.0. The Morgan fingerprint density at radius 2 is 1.00 bits per heavy atom. The van der Waals surface area contributed by atoms with Crippen LogP contribution in [-0.2, 0) is 4.52 Å². The average molecular weight is 473 g/mol. The zero-order chi connectivity index (χ0) is 23.5. The summed E-state index contributed by atoms with van der Waals surface area (Å²) in [5.41, 5.74) is 4.01. The molecule has 2 fully saturated rings. The van der Waals surface area contributed by atoms with Crippen molar-refractivity contribution in [3.63, 3.8) is 0 Å². The second-order valence-electron chi connectivity index (χ2n) is 9.76. The Balaban J connectivity index is 1.54. The second kappa shape index (κ2) is 10.7. The van der Waals surface area contributed by atoms with Gasteiger partial charge in [-0.05, 0) is 50.3 Å². The lowest BCUT2D eigenvalue weighted by molar-refractivity contribution is 0.166. The van der Waals surface area contributed by atoms with Crippen molar-refractivity contribution in [2.45, 2.75) is 76.7 Å². The van der Waals surface area contributed by atoms with Gasteiger partial charge in [-0.2, -0.15) is 0 Å². The van der Waals surface area contributed by atoms with Crippen molar-refractivity contribution in [2.75, 3.05) is 0 Å². The van der Waals surface area contributed by atoms with Crippen molar-refractivity contribution < 1.29 is 4.52 Å². The third-order valence-electron chi connectivity index (χ3n) is 7.65. The molecule has 34 heavy (non-hydrogen) atoms. The summed E-state index contributed by atoms with van der Waals surface area (Å²) < 4.78 is 12.6. The van der Waals surface area contributed by atoms with Crippen LogP contribution in [0.5, 0.6) is 0 Å². The highest BCUT2D eigenvalue weighted by Crippen LogP contribution is 2.65. The van der Waals surface area contributed by atoms with Gasteiger partial charge in [0.1, 0.15) is 0 Å². The van der Waals surface area contributed by atoms with Crippen LogP contribution in [0.3, 0.4) is 0 Å². The number of fused-ring (bicyclic) bond motifs is 1. The largest absolute Gasteiger partial charge is 0.323 e. The molecule has 0 radical (unpaired) electrons. The number of rotatable bonds is 7. The van der Waals surface area contributed by atoms with Crippen LogP contribution in [0.4, 0.5) is 0 Å². The lowest BCUT2D eigenvalue weighted by Crippen LogP contribution is -2.41. The van der Waals surface area contributed by atoms with Gasteiger partial charge in [0.15, 0.2) is 8.45 Å². The van der Waals surface area contributed by atoms with Crippen LogP contribution in [0.1, 0.15) is 81.3 Å². The third-order valence-corrected chi connectivity index (χ3v) is 10.2. The molecule has 178 valence electrons. The first kappa shape index (κ1) is 23.7. The topological polar surface area (TPSA) is 15.7 Å². The van der Waals surface area contributed by atoms with Crippen molar-refractivity contribution in [3.8, 4) is 0 Å². The molecule has 3 aromatic carbocycles. The van der Waals surface area contributed by atoms with Crippen LogP contribution >= 0.6 is 8.45 Å². The zero-order valence-electron chi connectivity index (χ0n) is 20.6. The first-order chi connectivity index (χ1) is 16.6. The molecule has 3 nitrogen and oxygen atoms in total. The highest BCUT2D eigenvalue weighted by molar-refractivity contribution is 7.47. The molecule has 5 atom stereocenters. The van der Waals surface area contributed by atoms with Crippen molar-refractivity contribution >= 4 is 8.45 Å². The van der Waals surface area contributed by atoms with Crippen LogP contribution in [-0.4, -0.2) is 21.4 Å². The summed E-state index contributed by atoms with van der Waals surface area (Å²) in [5, 5.41) is 0. The summed E-state index contributed by atoms with van der Waals surface area (Å²) in [6.07, 6.45) is 5.17. The first-order valence-electron chi connectivity index (χ1n) is 12.8. The van der Waals surface area contributed by atoms with Crippen LogP contribution < -0.4 is 0 Å². The molecule has 0 amide bonds. The lowest BCUT2D eigenvalue weighted by atomic mass is 9.88. The second-order valence-corrected chi connectivity index (χ2v) is 11.4. The Hall–Kier alpha value is -2.03. The van der Waals surface area contributed by atoms with Crippen molar-refractivity contribution in [3.05, 3.63) is 108 Å². The van der Waals surface area contributed by atoms with Gasteiger partial charge in [0.05, 0.1) is 6.10 Å². The fourth-order valence-corrected chi connectivity index (χ4v) is 8.52. The van der Waals surface area contributed by atoms with Crippen LogP contribution in [0.15, 0.2) is 91.0 Å². The van der Waals surface area contributed by atoms with E-state index in [4.69, 9.17) is 4.52 Å². The van der Waals surface area contributed by atoms with E-state index in [0.29, 0.717) is 24.2 Å². The van der Waals surface area contributed by atoms with E-state index in [2.05, 4.69) is 121 Å². The van der Waals surface area contributed by atoms with E-state index < -0.39 is 8.45 Å². The monoisotopic (exact) mass is 472 g/mol. The van der Waals surface area contributed by atoms with E-state index >= 15 is 0 Å². The average Bonchev–Trinajstić information content (AvgIpc) is 3.22. The predicted molar refractivity (Wildman–Crippen MR) is 142 cm³/mol. The summed E-state index contributed by atoms with van der Waals surface area (Å²) in [6, 6.07) is 34.4. The summed E-state index contributed by atoms with van der Waals surface area (Å²) in [6.45, 7) is 6.98. The van der Waals surface area contributed by atoms with E-state index in [9.17, 15) is 0 Å².